The molecule has 106 valence electrons. The van der Waals surface area contributed by atoms with Gasteiger partial charge in [-0.1, -0.05) is 13.8 Å². The third kappa shape index (κ3) is 2.15. The molecule has 2 heterocycles. The Labute approximate surface area is 116 Å². The maximum Gasteiger partial charge on any atom is 0.307 e. The number of hydrogen-bond donors (Lipinski definition) is 1. The molecule has 0 bridgehead atoms. The van der Waals surface area contributed by atoms with Crippen molar-refractivity contribution >= 4 is 11.7 Å². The summed E-state index contributed by atoms with van der Waals surface area (Å²) in [5.74, 6) is 1.09. The number of aromatic nitrogens is 4. The summed E-state index contributed by atoms with van der Waals surface area (Å²) in [6.45, 7) is 4.00. The monoisotopic (exact) mass is 274 g/mol. The fraction of sp³-hybridized carbons (Fsp3) is 0.571. The first-order valence-electron chi connectivity index (χ1n) is 7.13. The van der Waals surface area contributed by atoms with Crippen LogP contribution in [0.5, 0.6) is 0 Å². The molecule has 0 atom stereocenters. The summed E-state index contributed by atoms with van der Waals surface area (Å²) >= 11 is 0. The van der Waals surface area contributed by atoms with Crippen molar-refractivity contribution in [3.8, 4) is 0 Å². The molecule has 0 spiro atoms. The lowest BCUT2D eigenvalue weighted by molar-refractivity contribution is -0.136. The van der Waals surface area contributed by atoms with Gasteiger partial charge in [-0.05, 0) is 25.7 Å². The van der Waals surface area contributed by atoms with Crippen molar-refractivity contribution in [3.63, 3.8) is 0 Å². The summed E-state index contributed by atoms with van der Waals surface area (Å²) in [5, 5.41) is 13.6. The Bertz CT molecular complexity index is 673. The summed E-state index contributed by atoms with van der Waals surface area (Å²) in [6.07, 6.45) is 3.70. The first-order chi connectivity index (χ1) is 9.63. The second-order valence-electron chi connectivity index (χ2n) is 5.22. The molecular formula is C14H18N4O2. The third-order valence-electron chi connectivity index (χ3n) is 3.73. The lowest BCUT2D eigenvalue weighted by Crippen LogP contribution is -2.13. The summed E-state index contributed by atoms with van der Waals surface area (Å²) in [6, 6.07) is 0. The summed E-state index contributed by atoms with van der Waals surface area (Å²) in [7, 11) is 0. The number of carbonyl (C=O) groups is 1. The number of fused-ring (bicyclic) bond motifs is 1. The number of carboxylic acids is 1. The number of rotatable bonds is 5. The van der Waals surface area contributed by atoms with Crippen molar-refractivity contribution in [1.29, 1.82) is 0 Å². The van der Waals surface area contributed by atoms with E-state index in [1.165, 1.54) is 0 Å². The van der Waals surface area contributed by atoms with Gasteiger partial charge >= 0.3 is 5.97 Å². The zero-order valence-electron chi connectivity index (χ0n) is 11.8. The molecule has 1 aliphatic rings. The Morgan fingerprint density at radius 1 is 1.30 bits per heavy atom. The van der Waals surface area contributed by atoms with Gasteiger partial charge < -0.3 is 5.11 Å². The minimum absolute atomic E-state index is 0.00604. The first-order valence-corrected chi connectivity index (χ1v) is 7.13. The standard InChI is InChI=1S/C14H18N4O2/c1-3-10-9(7-12(19)20)11(4-2)18-14(15-10)16-13(17-18)8-5-6-8/h8H,3-7H2,1-2H3,(H,19,20). The van der Waals surface area contributed by atoms with E-state index in [9.17, 15) is 4.79 Å². The molecule has 0 aromatic carbocycles. The van der Waals surface area contributed by atoms with Gasteiger partial charge in [0, 0.05) is 17.2 Å². The Hall–Kier alpha value is -1.98. The number of hydrogen-bond acceptors (Lipinski definition) is 4. The Balaban J connectivity index is 2.20. The molecule has 1 fully saturated rings. The Kier molecular flexibility index (Phi) is 3.16. The molecule has 2 aromatic heterocycles. The van der Waals surface area contributed by atoms with E-state index in [0.717, 1.165) is 42.0 Å². The molecule has 0 aliphatic heterocycles. The zero-order valence-corrected chi connectivity index (χ0v) is 11.8. The van der Waals surface area contributed by atoms with Gasteiger partial charge in [-0.2, -0.15) is 4.98 Å². The van der Waals surface area contributed by atoms with Gasteiger partial charge in [-0.15, -0.1) is 5.10 Å². The predicted octanol–water partition coefficient (Wildman–Crippen LogP) is 1.75. The number of carboxylic acid groups (broad SMARTS) is 1. The first kappa shape index (κ1) is 13.0. The average Bonchev–Trinajstić information content (AvgIpc) is 3.18. The van der Waals surface area contributed by atoms with E-state index < -0.39 is 5.97 Å². The van der Waals surface area contributed by atoms with Crippen LogP contribution in [0.15, 0.2) is 0 Å². The topological polar surface area (TPSA) is 80.4 Å². The third-order valence-corrected chi connectivity index (χ3v) is 3.73. The highest BCUT2D eigenvalue weighted by atomic mass is 16.4. The quantitative estimate of drug-likeness (QED) is 0.898. The van der Waals surface area contributed by atoms with E-state index in [2.05, 4.69) is 15.1 Å². The van der Waals surface area contributed by atoms with E-state index in [0.29, 0.717) is 18.1 Å². The molecule has 0 saturated heterocycles. The highest BCUT2D eigenvalue weighted by molar-refractivity contribution is 5.71. The van der Waals surface area contributed by atoms with Gasteiger partial charge in [-0.3, -0.25) is 4.79 Å². The summed E-state index contributed by atoms with van der Waals surface area (Å²) in [4.78, 5) is 20.1. The van der Waals surface area contributed by atoms with Crippen LogP contribution >= 0.6 is 0 Å². The van der Waals surface area contributed by atoms with E-state index in [4.69, 9.17) is 5.11 Å². The molecule has 1 N–H and O–H groups in total. The normalized spacial score (nSPS) is 14.9. The van der Waals surface area contributed by atoms with Gasteiger partial charge in [0.25, 0.3) is 5.78 Å². The minimum atomic E-state index is -0.835. The van der Waals surface area contributed by atoms with E-state index >= 15 is 0 Å². The highest BCUT2D eigenvalue weighted by Crippen LogP contribution is 2.38. The van der Waals surface area contributed by atoms with Gasteiger partial charge in [-0.25, -0.2) is 9.50 Å². The molecule has 20 heavy (non-hydrogen) atoms. The average molecular weight is 274 g/mol. The zero-order chi connectivity index (χ0) is 14.3. The highest BCUT2D eigenvalue weighted by Gasteiger charge is 2.29. The molecule has 2 aromatic rings. The van der Waals surface area contributed by atoms with Gasteiger partial charge in [0.15, 0.2) is 5.82 Å². The number of nitrogens with zero attached hydrogens (tertiary/aromatic N) is 4. The SMILES string of the molecule is CCc1nc2nc(C3CC3)nn2c(CC)c1CC(=O)O. The van der Waals surface area contributed by atoms with Crippen LogP contribution < -0.4 is 0 Å². The van der Waals surface area contributed by atoms with Crippen molar-refractivity contribution in [2.75, 3.05) is 0 Å². The van der Waals surface area contributed by atoms with E-state index in [1.807, 2.05) is 13.8 Å². The van der Waals surface area contributed by atoms with Crippen molar-refractivity contribution < 1.29 is 9.90 Å². The smallest absolute Gasteiger partial charge is 0.307 e. The van der Waals surface area contributed by atoms with Crippen LogP contribution in [0.25, 0.3) is 5.78 Å². The fourth-order valence-electron chi connectivity index (χ4n) is 2.58. The summed E-state index contributed by atoms with van der Waals surface area (Å²) in [5.41, 5.74) is 2.54. The molecule has 6 heteroatoms. The molecule has 0 radical (unpaired) electrons. The fourth-order valence-corrected chi connectivity index (χ4v) is 2.58. The second-order valence-corrected chi connectivity index (χ2v) is 5.22. The lowest BCUT2D eigenvalue weighted by atomic mass is 10.0. The van der Waals surface area contributed by atoms with Crippen molar-refractivity contribution in [1.82, 2.24) is 19.6 Å². The largest absolute Gasteiger partial charge is 0.481 e. The maximum atomic E-state index is 11.1. The van der Waals surface area contributed by atoms with Crippen LogP contribution in [0.4, 0.5) is 0 Å². The van der Waals surface area contributed by atoms with Crippen LogP contribution in [-0.4, -0.2) is 30.7 Å². The molecule has 6 nitrogen and oxygen atoms in total. The van der Waals surface area contributed by atoms with Crippen LogP contribution in [0.1, 0.15) is 55.4 Å². The van der Waals surface area contributed by atoms with Gasteiger partial charge in [0.05, 0.1) is 12.1 Å². The number of aliphatic carboxylic acids is 1. The predicted molar refractivity (Wildman–Crippen MR) is 72.9 cm³/mol. The van der Waals surface area contributed by atoms with Crippen molar-refractivity contribution in [2.45, 2.75) is 51.9 Å². The molecular weight excluding hydrogens is 256 g/mol. The van der Waals surface area contributed by atoms with Crippen LogP contribution in [0.3, 0.4) is 0 Å². The summed E-state index contributed by atoms with van der Waals surface area (Å²) < 4.78 is 1.74. The molecule has 1 saturated carbocycles. The molecule has 3 rings (SSSR count). The Morgan fingerprint density at radius 3 is 2.60 bits per heavy atom. The van der Waals surface area contributed by atoms with Crippen LogP contribution in [0, 0.1) is 0 Å². The number of aryl methyl sites for hydroxylation is 2. The van der Waals surface area contributed by atoms with Crippen molar-refractivity contribution in [2.24, 2.45) is 0 Å². The second kappa shape index (κ2) is 4.85. The molecule has 1 aliphatic carbocycles. The Morgan fingerprint density at radius 2 is 2.05 bits per heavy atom. The lowest BCUT2D eigenvalue weighted by Gasteiger charge is -2.11. The van der Waals surface area contributed by atoms with Crippen molar-refractivity contribution in [3.05, 3.63) is 22.8 Å². The van der Waals surface area contributed by atoms with E-state index in [1.54, 1.807) is 4.52 Å². The maximum absolute atomic E-state index is 11.1. The minimum Gasteiger partial charge on any atom is -0.481 e. The van der Waals surface area contributed by atoms with Crippen LogP contribution in [0.2, 0.25) is 0 Å². The molecule has 0 unspecified atom stereocenters. The molecule has 0 amide bonds. The van der Waals surface area contributed by atoms with Gasteiger partial charge in [0.2, 0.25) is 0 Å². The van der Waals surface area contributed by atoms with Gasteiger partial charge in [0.1, 0.15) is 0 Å². The van der Waals surface area contributed by atoms with Crippen LogP contribution in [-0.2, 0) is 24.1 Å². The van der Waals surface area contributed by atoms with E-state index in [-0.39, 0.29) is 6.42 Å².